The number of para-hydroxylation sites is 1. The second-order valence-corrected chi connectivity index (χ2v) is 3.52. The second kappa shape index (κ2) is 3.53. The van der Waals surface area contributed by atoms with E-state index < -0.39 is 0 Å². The van der Waals surface area contributed by atoms with Gasteiger partial charge in [-0.25, -0.2) is 0 Å². The number of ether oxygens (including phenoxy) is 2. The molecule has 2 aromatic rings. The van der Waals surface area contributed by atoms with E-state index in [1.165, 1.54) is 0 Å². The van der Waals surface area contributed by atoms with E-state index in [1.54, 1.807) is 6.07 Å². The first-order chi connectivity index (χ1) is 7.84. The highest BCUT2D eigenvalue weighted by Crippen LogP contribution is 2.35. The molecule has 2 heterocycles. The number of hydrogen-bond donors (Lipinski definition) is 1. The van der Waals surface area contributed by atoms with Crippen LogP contribution in [0.1, 0.15) is 5.56 Å². The summed E-state index contributed by atoms with van der Waals surface area (Å²) in [7, 11) is 0. The molecule has 1 aromatic heterocycles. The van der Waals surface area contributed by atoms with E-state index >= 15 is 0 Å². The van der Waals surface area contributed by atoms with Crippen molar-refractivity contribution in [3.05, 3.63) is 29.8 Å². The molecule has 0 radical (unpaired) electrons. The maximum atomic E-state index is 5.50. The van der Waals surface area contributed by atoms with Gasteiger partial charge in [0.15, 0.2) is 6.79 Å². The van der Waals surface area contributed by atoms with Gasteiger partial charge in [-0.2, -0.15) is 0 Å². The van der Waals surface area contributed by atoms with Gasteiger partial charge in [0.05, 0.1) is 6.61 Å². The first-order valence-corrected chi connectivity index (χ1v) is 4.89. The molecule has 5 nitrogen and oxygen atoms in total. The summed E-state index contributed by atoms with van der Waals surface area (Å²) in [5.41, 5.74) is 8.06. The highest BCUT2D eigenvalue weighted by atomic mass is 16.7. The molecule has 1 aliphatic rings. The molecule has 16 heavy (non-hydrogen) atoms. The number of nitrogens with two attached hydrogens (primary N) is 1. The summed E-state index contributed by atoms with van der Waals surface area (Å²) < 4.78 is 15.5. The van der Waals surface area contributed by atoms with Crippen molar-refractivity contribution < 1.29 is 14.0 Å². The van der Waals surface area contributed by atoms with Crippen molar-refractivity contribution in [2.24, 2.45) is 0 Å². The van der Waals surface area contributed by atoms with Gasteiger partial charge in [0.25, 0.3) is 0 Å². The quantitative estimate of drug-likeness (QED) is 0.790. The van der Waals surface area contributed by atoms with Crippen LogP contribution in [-0.2, 0) is 11.3 Å². The third-order valence-electron chi connectivity index (χ3n) is 2.45. The second-order valence-electron chi connectivity index (χ2n) is 3.52. The molecular formula is C11H10N2O3. The van der Waals surface area contributed by atoms with Crippen LogP contribution in [0, 0.1) is 0 Å². The zero-order valence-electron chi connectivity index (χ0n) is 8.47. The third kappa shape index (κ3) is 1.42. The Hall–Kier alpha value is -2.01. The molecule has 0 saturated heterocycles. The van der Waals surface area contributed by atoms with Gasteiger partial charge in [0.1, 0.15) is 11.4 Å². The van der Waals surface area contributed by atoms with E-state index in [2.05, 4.69) is 5.16 Å². The van der Waals surface area contributed by atoms with Crippen LogP contribution in [0.25, 0.3) is 11.3 Å². The molecule has 0 bridgehead atoms. The van der Waals surface area contributed by atoms with Crippen molar-refractivity contribution in [2.75, 3.05) is 12.5 Å². The van der Waals surface area contributed by atoms with Crippen LogP contribution >= 0.6 is 0 Å². The van der Waals surface area contributed by atoms with Crippen LogP contribution in [0.5, 0.6) is 5.75 Å². The standard InChI is InChI=1S/C11H10N2O3/c12-10-4-9(13-16-10)8-3-1-2-7-5-14-6-15-11(7)8/h1-4H,5-6,12H2. The minimum absolute atomic E-state index is 0.261. The molecule has 1 aromatic carbocycles. The summed E-state index contributed by atoms with van der Waals surface area (Å²) in [6.07, 6.45) is 0. The molecule has 3 rings (SSSR count). The van der Waals surface area contributed by atoms with E-state index in [0.29, 0.717) is 18.2 Å². The third-order valence-corrected chi connectivity index (χ3v) is 2.45. The first-order valence-electron chi connectivity index (χ1n) is 4.89. The Labute approximate surface area is 91.7 Å². The van der Waals surface area contributed by atoms with Gasteiger partial charge in [0, 0.05) is 17.2 Å². The number of hydrogen-bond acceptors (Lipinski definition) is 5. The highest BCUT2D eigenvalue weighted by molar-refractivity contribution is 5.70. The molecule has 5 heteroatoms. The molecule has 1 aliphatic heterocycles. The molecule has 0 unspecified atom stereocenters. The predicted molar refractivity (Wildman–Crippen MR) is 56.6 cm³/mol. The van der Waals surface area contributed by atoms with E-state index in [0.717, 1.165) is 16.9 Å². The number of anilines is 1. The van der Waals surface area contributed by atoms with Crippen LogP contribution in [0.2, 0.25) is 0 Å². The minimum Gasteiger partial charge on any atom is -0.466 e. The number of aromatic nitrogens is 1. The molecule has 2 N–H and O–H groups in total. The molecule has 0 aliphatic carbocycles. The van der Waals surface area contributed by atoms with Crippen molar-refractivity contribution in [3.63, 3.8) is 0 Å². The number of nitrogen functional groups attached to an aromatic ring is 1. The highest BCUT2D eigenvalue weighted by Gasteiger charge is 2.17. The number of nitrogens with zero attached hydrogens (tertiary/aromatic N) is 1. The Morgan fingerprint density at radius 3 is 3.06 bits per heavy atom. The smallest absolute Gasteiger partial charge is 0.222 e. The van der Waals surface area contributed by atoms with Gasteiger partial charge in [-0.1, -0.05) is 17.3 Å². The zero-order valence-corrected chi connectivity index (χ0v) is 8.47. The molecular weight excluding hydrogens is 208 g/mol. The molecule has 0 amide bonds. The predicted octanol–water partition coefficient (Wildman–Crippen LogP) is 1.79. The van der Waals surface area contributed by atoms with Crippen LogP contribution in [0.4, 0.5) is 5.88 Å². The average molecular weight is 218 g/mol. The van der Waals surface area contributed by atoms with Crippen molar-refractivity contribution in [3.8, 4) is 17.0 Å². The monoisotopic (exact) mass is 218 g/mol. The Morgan fingerprint density at radius 1 is 1.31 bits per heavy atom. The van der Waals surface area contributed by atoms with Gasteiger partial charge in [-0.05, 0) is 6.07 Å². The van der Waals surface area contributed by atoms with Crippen molar-refractivity contribution >= 4 is 5.88 Å². The van der Waals surface area contributed by atoms with Gasteiger partial charge < -0.3 is 19.7 Å². The van der Waals surface area contributed by atoms with Crippen molar-refractivity contribution in [1.82, 2.24) is 5.16 Å². The van der Waals surface area contributed by atoms with Crippen LogP contribution < -0.4 is 10.5 Å². The summed E-state index contributed by atoms with van der Waals surface area (Å²) >= 11 is 0. The number of rotatable bonds is 1. The summed E-state index contributed by atoms with van der Waals surface area (Å²) in [6, 6.07) is 7.48. The SMILES string of the molecule is Nc1cc(-c2cccc3c2OCOC3)no1. The lowest BCUT2D eigenvalue weighted by Gasteiger charge is -2.19. The molecule has 0 spiro atoms. The van der Waals surface area contributed by atoms with Crippen molar-refractivity contribution in [2.45, 2.75) is 6.61 Å². The normalized spacial score (nSPS) is 14.2. The van der Waals surface area contributed by atoms with Crippen LogP contribution in [0.15, 0.2) is 28.8 Å². The van der Waals surface area contributed by atoms with Crippen LogP contribution in [-0.4, -0.2) is 11.9 Å². The summed E-state index contributed by atoms with van der Waals surface area (Å²) in [5, 5.41) is 3.87. The molecule has 0 atom stereocenters. The van der Waals surface area contributed by atoms with Crippen LogP contribution in [0.3, 0.4) is 0 Å². The Bertz CT molecular complexity index is 522. The first kappa shape index (κ1) is 9.23. The van der Waals surface area contributed by atoms with Gasteiger partial charge in [0.2, 0.25) is 5.88 Å². The maximum absolute atomic E-state index is 5.50. The molecule has 0 fully saturated rings. The fourth-order valence-corrected chi connectivity index (χ4v) is 1.74. The van der Waals surface area contributed by atoms with Crippen molar-refractivity contribution in [1.29, 1.82) is 0 Å². The van der Waals surface area contributed by atoms with Gasteiger partial charge in [-0.15, -0.1) is 0 Å². The molecule has 82 valence electrons. The lowest BCUT2D eigenvalue weighted by atomic mass is 10.1. The number of fused-ring (bicyclic) bond motifs is 1. The Balaban J connectivity index is 2.13. The lowest BCUT2D eigenvalue weighted by Crippen LogP contribution is -2.11. The Kier molecular flexibility index (Phi) is 2.04. The maximum Gasteiger partial charge on any atom is 0.222 e. The van der Waals surface area contributed by atoms with Gasteiger partial charge in [-0.3, -0.25) is 0 Å². The summed E-state index contributed by atoms with van der Waals surface area (Å²) in [6.45, 7) is 0.813. The van der Waals surface area contributed by atoms with E-state index in [-0.39, 0.29) is 6.79 Å². The minimum atomic E-state index is 0.261. The van der Waals surface area contributed by atoms with E-state index in [9.17, 15) is 0 Å². The summed E-state index contributed by atoms with van der Waals surface area (Å²) in [5.74, 6) is 1.08. The fraction of sp³-hybridized carbons (Fsp3) is 0.182. The largest absolute Gasteiger partial charge is 0.466 e. The topological polar surface area (TPSA) is 70.5 Å². The summed E-state index contributed by atoms with van der Waals surface area (Å²) in [4.78, 5) is 0. The average Bonchev–Trinajstić information content (AvgIpc) is 2.75. The van der Waals surface area contributed by atoms with Gasteiger partial charge >= 0.3 is 0 Å². The Morgan fingerprint density at radius 2 is 2.25 bits per heavy atom. The molecule has 0 saturated carbocycles. The zero-order chi connectivity index (χ0) is 11.0. The fourth-order valence-electron chi connectivity index (χ4n) is 1.74. The lowest BCUT2D eigenvalue weighted by molar-refractivity contribution is -0.0159. The van der Waals surface area contributed by atoms with E-state index in [1.807, 2.05) is 18.2 Å². The number of benzene rings is 1. The van der Waals surface area contributed by atoms with E-state index in [4.69, 9.17) is 19.7 Å².